The van der Waals surface area contributed by atoms with Gasteiger partial charge in [-0.2, -0.15) is 0 Å². The number of carboxylic acids is 1. The topological polar surface area (TPSA) is 137 Å². The van der Waals surface area contributed by atoms with Crippen molar-refractivity contribution in [2.24, 2.45) is 0 Å². The monoisotopic (exact) mass is 790 g/mol. The van der Waals surface area contributed by atoms with Gasteiger partial charge in [-0.05, 0) is 77.7 Å². The molecule has 0 atom stereocenters. The normalized spacial score (nSPS) is 10.1. The minimum absolute atomic E-state index is 0.0495. The van der Waals surface area contributed by atoms with E-state index in [1.807, 2.05) is 84.9 Å². The van der Waals surface area contributed by atoms with E-state index < -0.39 is 5.97 Å². The Hall–Kier alpha value is -5.24. The third-order valence-corrected chi connectivity index (χ3v) is 9.43. The Morgan fingerprint density at radius 1 is 0.667 bits per heavy atom. The SMILES string of the molecule is CCOC(=O)c1csc(CBr)n1.COc1ccc(-c2ccc(O)cc2)cc1.COc1ccc(-c2ccc(OCc3nc(C(=O)O)cs3)cc2)cc1. The number of aromatic carboxylic acids is 1. The highest BCUT2D eigenvalue weighted by atomic mass is 79.9. The summed E-state index contributed by atoms with van der Waals surface area (Å²) in [5.74, 6) is 1.29. The number of benzene rings is 4. The zero-order chi connectivity index (χ0) is 36.6. The van der Waals surface area contributed by atoms with E-state index in [0.717, 1.165) is 38.8 Å². The maximum absolute atomic E-state index is 11.1. The summed E-state index contributed by atoms with van der Waals surface area (Å²) in [4.78, 5) is 29.9. The molecule has 6 aromatic rings. The van der Waals surface area contributed by atoms with Gasteiger partial charge in [0.2, 0.25) is 0 Å². The highest BCUT2D eigenvalue weighted by Gasteiger charge is 2.11. The lowest BCUT2D eigenvalue weighted by molar-refractivity contribution is 0.0519. The summed E-state index contributed by atoms with van der Waals surface area (Å²) in [5.41, 5.74) is 4.80. The van der Waals surface area contributed by atoms with Crippen LogP contribution in [0.25, 0.3) is 22.3 Å². The number of aromatic hydroxyl groups is 1. The van der Waals surface area contributed by atoms with Crippen molar-refractivity contribution in [2.45, 2.75) is 18.9 Å². The molecule has 0 saturated carbocycles. The number of thiazole rings is 2. The fourth-order valence-corrected chi connectivity index (χ4v) is 6.07. The van der Waals surface area contributed by atoms with Crippen LogP contribution in [0.3, 0.4) is 0 Å². The minimum Gasteiger partial charge on any atom is -0.508 e. The summed E-state index contributed by atoms with van der Waals surface area (Å²) >= 11 is 5.97. The second-order valence-corrected chi connectivity index (χ2v) is 12.7. The first kappa shape index (κ1) is 38.6. The maximum atomic E-state index is 11.1. The van der Waals surface area contributed by atoms with Gasteiger partial charge < -0.3 is 29.2 Å². The molecule has 10 nitrogen and oxygen atoms in total. The van der Waals surface area contributed by atoms with E-state index in [1.165, 1.54) is 28.1 Å². The van der Waals surface area contributed by atoms with Crippen LogP contribution >= 0.6 is 38.6 Å². The van der Waals surface area contributed by atoms with Crippen molar-refractivity contribution in [1.29, 1.82) is 0 Å². The number of phenolic OH excluding ortho intramolecular Hbond substituents is 1. The number of hydrogen-bond acceptors (Lipinski definition) is 11. The van der Waals surface area contributed by atoms with Crippen LogP contribution in [0.4, 0.5) is 0 Å². The molecule has 0 bridgehead atoms. The van der Waals surface area contributed by atoms with Gasteiger partial charge in [-0.25, -0.2) is 19.6 Å². The molecule has 6 rings (SSSR count). The Bertz CT molecular complexity index is 1960. The average molecular weight is 792 g/mol. The molecule has 51 heavy (non-hydrogen) atoms. The number of carbonyl (C=O) groups excluding carboxylic acids is 1. The fraction of sp³-hybridized carbons (Fsp3) is 0.158. The third-order valence-electron chi connectivity index (χ3n) is 6.85. The molecule has 2 heterocycles. The zero-order valence-electron chi connectivity index (χ0n) is 27.9. The number of carbonyl (C=O) groups is 2. The highest BCUT2D eigenvalue weighted by molar-refractivity contribution is 9.08. The molecule has 0 amide bonds. The van der Waals surface area contributed by atoms with Gasteiger partial charge in [0.15, 0.2) is 11.4 Å². The lowest BCUT2D eigenvalue weighted by Gasteiger charge is -2.07. The van der Waals surface area contributed by atoms with Crippen LogP contribution in [0.15, 0.2) is 108 Å². The van der Waals surface area contributed by atoms with E-state index in [0.29, 0.717) is 28.4 Å². The predicted molar refractivity (Wildman–Crippen MR) is 203 cm³/mol. The first-order valence-corrected chi connectivity index (χ1v) is 18.3. The Labute approximate surface area is 312 Å². The lowest BCUT2D eigenvalue weighted by Crippen LogP contribution is -2.04. The van der Waals surface area contributed by atoms with Crippen molar-refractivity contribution in [2.75, 3.05) is 20.8 Å². The highest BCUT2D eigenvalue weighted by Crippen LogP contribution is 2.26. The number of halogens is 1. The maximum Gasteiger partial charge on any atom is 0.357 e. The smallest absolute Gasteiger partial charge is 0.357 e. The Morgan fingerprint density at radius 3 is 1.51 bits per heavy atom. The first-order chi connectivity index (χ1) is 24.7. The molecule has 0 aliphatic heterocycles. The molecular formula is C38H35BrN2O8S2. The molecule has 0 radical (unpaired) electrons. The molecule has 264 valence electrons. The zero-order valence-corrected chi connectivity index (χ0v) is 31.2. The van der Waals surface area contributed by atoms with Crippen LogP contribution < -0.4 is 14.2 Å². The number of esters is 1. The molecule has 4 aromatic carbocycles. The van der Waals surface area contributed by atoms with Gasteiger partial charge in [0.25, 0.3) is 0 Å². The molecule has 0 fully saturated rings. The van der Waals surface area contributed by atoms with Crippen molar-refractivity contribution in [3.8, 4) is 45.3 Å². The van der Waals surface area contributed by atoms with E-state index in [-0.39, 0.29) is 24.0 Å². The Morgan fingerprint density at radius 2 is 1.10 bits per heavy atom. The Kier molecular flexibility index (Phi) is 15.0. The second-order valence-electron chi connectivity index (χ2n) is 10.2. The van der Waals surface area contributed by atoms with E-state index in [9.17, 15) is 9.59 Å². The van der Waals surface area contributed by atoms with E-state index >= 15 is 0 Å². The van der Waals surface area contributed by atoms with Crippen LogP contribution in [0, 0.1) is 0 Å². The van der Waals surface area contributed by atoms with Crippen molar-refractivity contribution in [1.82, 2.24) is 9.97 Å². The summed E-state index contributed by atoms with van der Waals surface area (Å²) in [6.07, 6.45) is 0. The average Bonchev–Trinajstić information content (AvgIpc) is 3.86. The number of nitrogens with zero attached hydrogens (tertiary/aromatic N) is 2. The Balaban J connectivity index is 0.000000185. The number of alkyl halides is 1. The third kappa shape index (κ3) is 11.9. The van der Waals surface area contributed by atoms with Crippen LogP contribution in [0.5, 0.6) is 23.0 Å². The summed E-state index contributed by atoms with van der Waals surface area (Å²) in [6.45, 7) is 2.41. The van der Waals surface area contributed by atoms with Gasteiger partial charge in [0, 0.05) is 10.8 Å². The van der Waals surface area contributed by atoms with Crippen LogP contribution in [-0.4, -0.2) is 52.9 Å². The van der Waals surface area contributed by atoms with Crippen LogP contribution in [-0.2, 0) is 16.7 Å². The molecule has 0 unspecified atom stereocenters. The molecule has 2 N–H and O–H groups in total. The molecule has 0 aliphatic carbocycles. The fourth-order valence-electron chi connectivity index (χ4n) is 4.26. The number of aromatic nitrogens is 2. The van der Waals surface area contributed by atoms with Gasteiger partial charge in [-0.1, -0.05) is 64.5 Å². The van der Waals surface area contributed by atoms with Gasteiger partial charge in [0.1, 0.15) is 39.6 Å². The van der Waals surface area contributed by atoms with Crippen molar-refractivity contribution >= 4 is 50.5 Å². The number of ether oxygens (including phenoxy) is 4. The van der Waals surface area contributed by atoms with E-state index in [4.69, 9.17) is 29.2 Å². The number of carboxylic acid groups (broad SMARTS) is 1. The first-order valence-electron chi connectivity index (χ1n) is 15.4. The quantitative estimate of drug-likeness (QED) is 0.0965. The van der Waals surface area contributed by atoms with Gasteiger partial charge in [-0.3, -0.25) is 0 Å². The van der Waals surface area contributed by atoms with Crippen LogP contribution in [0.2, 0.25) is 0 Å². The lowest BCUT2D eigenvalue weighted by atomic mass is 10.1. The summed E-state index contributed by atoms with van der Waals surface area (Å²) in [7, 11) is 3.29. The summed E-state index contributed by atoms with van der Waals surface area (Å²) in [6, 6.07) is 30.5. The number of rotatable bonds is 11. The molecule has 0 spiro atoms. The summed E-state index contributed by atoms with van der Waals surface area (Å²) in [5, 5.41) is 23.4. The summed E-state index contributed by atoms with van der Waals surface area (Å²) < 4.78 is 20.7. The minimum atomic E-state index is -1.03. The molecule has 13 heteroatoms. The molecule has 0 saturated heterocycles. The largest absolute Gasteiger partial charge is 0.508 e. The van der Waals surface area contributed by atoms with E-state index in [1.54, 1.807) is 38.7 Å². The molecule has 0 aliphatic rings. The van der Waals surface area contributed by atoms with Gasteiger partial charge in [-0.15, -0.1) is 22.7 Å². The van der Waals surface area contributed by atoms with Crippen molar-refractivity contribution in [3.05, 3.63) is 129 Å². The van der Waals surface area contributed by atoms with Crippen molar-refractivity contribution in [3.63, 3.8) is 0 Å². The number of methoxy groups -OCH3 is 2. The van der Waals surface area contributed by atoms with Gasteiger partial charge >= 0.3 is 11.9 Å². The predicted octanol–water partition coefficient (Wildman–Crippen LogP) is 9.38. The number of hydrogen-bond donors (Lipinski definition) is 2. The second kappa shape index (κ2) is 19.8. The molecular weight excluding hydrogens is 756 g/mol. The number of phenols is 1. The van der Waals surface area contributed by atoms with Crippen molar-refractivity contribution < 1.29 is 38.7 Å². The van der Waals surface area contributed by atoms with Crippen LogP contribution in [0.1, 0.15) is 37.9 Å². The molecule has 2 aromatic heterocycles. The standard InChI is InChI=1S/C18H15NO4S.C13H12O2.C7H8BrNO2S/c1-22-14-6-2-12(3-7-14)13-4-8-15(9-5-13)23-10-17-19-16(11-24-17)18(20)21;1-15-13-8-4-11(5-9-13)10-2-6-12(14)7-3-10;1-2-11-7(10)5-4-12-6(3-8)9-5/h2-9,11H,10H2,1H3,(H,20,21);2-9,14H,1H3;4H,2-3H2,1H3. The van der Waals surface area contributed by atoms with Gasteiger partial charge in [0.05, 0.1) is 26.2 Å². The van der Waals surface area contributed by atoms with E-state index in [2.05, 4.69) is 25.9 Å².